The van der Waals surface area contributed by atoms with Crippen molar-refractivity contribution in [3.05, 3.63) is 20.8 Å². The number of hydrogen-bond acceptors (Lipinski definition) is 3. The van der Waals surface area contributed by atoms with Crippen molar-refractivity contribution in [2.75, 3.05) is 6.54 Å². The van der Waals surface area contributed by atoms with Crippen molar-refractivity contribution < 1.29 is 9.59 Å². The number of amides is 2. The maximum Gasteiger partial charge on any atom is 0.270 e. The molecular formula is C12H14BrNO2S. The van der Waals surface area contributed by atoms with Gasteiger partial charge in [0.1, 0.15) is 0 Å². The minimum atomic E-state index is -0.158. The molecule has 0 spiro atoms. The number of carbonyl (C=O) groups is 2. The van der Waals surface area contributed by atoms with Crippen molar-refractivity contribution in [3.8, 4) is 0 Å². The highest BCUT2D eigenvalue weighted by molar-refractivity contribution is 9.11. The summed E-state index contributed by atoms with van der Waals surface area (Å²) in [5.41, 5.74) is 0. The van der Waals surface area contributed by atoms with Crippen LogP contribution in [0.2, 0.25) is 0 Å². The summed E-state index contributed by atoms with van der Waals surface area (Å²) in [6.45, 7) is 4.74. The number of thiophene rings is 1. The van der Waals surface area contributed by atoms with E-state index >= 15 is 0 Å². The third-order valence-electron chi connectivity index (χ3n) is 3.13. The van der Waals surface area contributed by atoms with E-state index in [4.69, 9.17) is 0 Å². The van der Waals surface area contributed by atoms with Gasteiger partial charge in [0.25, 0.3) is 5.91 Å². The highest BCUT2D eigenvalue weighted by Crippen LogP contribution is 2.29. The second-order valence-electron chi connectivity index (χ2n) is 4.62. The van der Waals surface area contributed by atoms with Gasteiger partial charge in [0.2, 0.25) is 5.91 Å². The number of rotatable bonds is 2. The van der Waals surface area contributed by atoms with E-state index in [-0.39, 0.29) is 11.8 Å². The molecule has 0 aromatic carbocycles. The fraction of sp³-hybridized carbons (Fsp3) is 0.500. The summed E-state index contributed by atoms with van der Waals surface area (Å²) in [6, 6.07) is 3.59. The van der Waals surface area contributed by atoms with Crippen LogP contribution in [0, 0.1) is 11.8 Å². The van der Waals surface area contributed by atoms with E-state index in [2.05, 4.69) is 29.8 Å². The molecule has 0 aliphatic carbocycles. The molecule has 2 rings (SSSR count). The van der Waals surface area contributed by atoms with Crippen LogP contribution in [-0.4, -0.2) is 23.3 Å². The van der Waals surface area contributed by atoms with E-state index < -0.39 is 0 Å². The van der Waals surface area contributed by atoms with E-state index in [1.807, 2.05) is 6.07 Å². The SMILES string of the molecule is CC(C)C1CC(=O)N(C(=O)c2ccc(Br)s2)C1. The third kappa shape index (κ3) is 2.60. The average molecular weight is 316 g/mol. The van der Waals surface area contributed by atoms with Crippen LogP contribution in [0.3, 0.4) is 0 Å². The van der Waals surface area contributed by atoms with E-state index in [0.29, 0.717) is 29.7 Å². The Morgan fingerprint density at radius 3 is 2.71 bits per heavy atom. The lowest BCUT2D eigenvalue weighted by Gasteiger charge is -2.15. The smallest absolute Gasteiger partial charge is 0.270 e. The second-order valence-corrected chi connectivity index (χ2v) is 7.08. The molecule has 1 aliphatic heterocycles. The first-order valence-corrected chi connectivity index (χ1v) is 7.20. The molecule has 1 atom stereocenters. The predicted octanol–water partition coefficient (Wildman–Crippen LogP) is 3.16. The number of hydrogen-bond donors (Lipinski definition) is 0. The van der Waals surface area contributed by atoms with Gasteiger partial charge in [-0.1, -0.05) is 13.8 Å². The van der Waals surface area contributed by atoms with E-state index in [9.17, 15) is 9.59 Å². The van der Waals surface area contributed by atoms with Gasteiger partial charge in [0.15, 0.2) is 0 Å². The fourth-order valence-corrected chi connectivity index (χ4v) is 3.28. The molecule has 2 amide bonds. The number of nitrogens with zero attached hydrogens (tertiary/aromatic N) is 1. The van der Waals surface area contributed by atoms with Crippen LogP contribution in [0.25, 0.3) is 0 Å². The lowest BCUT2D eigenvalue weighted by molar-refractivity contribution is -0.125. The first kappa shape index (κ1) is 12.8. The van der Waals surface area contributed by atoms with Crippen LogP contribution in [-0.2, 0) is 4.79 Å². The van der Waals surface area contributed by atoms with E-state index in [0.717, 1.165) is 3.79 Å². The number of likely N-dealkylation sites (tertiary alicyclic amines) is 1. The molecule has 17 heavy (non-hydrogen) atoms. The van der Waals surface area contributed by atoms with Crippen molar-refractivity contribution in [2.45, 2.75) is 20.3 Å². The molecule has 0 radical (unpaired) electrons. The van der Waals surface area contributed by atoms with Crippen molar-refractivity contribution in [3.63, 3.8) is 0 Å². The topological polar surface area (TPSA) is 37.4 Å². The van der Waals surface area contributed by atoms with Crippen LogP contribution in [0.4, 0.5) is 0 Å². The Kier molecular flexibility index (Phi) is 3.68. The minimum absolute atomic E-state index is 0.0433. The van der Waals surface area contributed by atoms with Crippen LogP contribution in [0.15, 0.2) is 15.9 Å². The molecule has 1 unspecified atom stereocenters. The van der Waals surface area contributed by atoms with Gasteiger partial charge in [-0.25, -0.2) is 0 Å². The maximum atomic E-state index is 12.1. The van der Waals surface area contributed by atoms with Crippen LogP contribution in [0.1, 0.15) is 29.9 Å². The Morgan fingerprint density at radius 2 is 2.24 bits per heavy atom. The predicted molar refractivity (Wildman–Crippen MR) is 71.0 cm³/mol. The van der Waals surface area contributed by atoms with Crippen molar-refractivity contribution in [1.82, 2.24) is 4.90 Å². The van der Waals surface area contributed by atoms with Gasteiger partial charge >= 0.3 is 0 Å². The molecule has 1 saturated heterocycles. The van der Waals surface area contributed by atoms with Crippen LogP contribution in [0.5, 0.6) is 0 Å². The zero-order valence-electron chi connectivity index (χ0n) is 9.77. The highest BCUT2D eigenvalue weighted by atomic mass is 79.9. The molecule has 0 bridgehead atoms. The van der Waals surface area contributed by atoms with Gasteiger partial charge < -0.3 is 0 Å². The van der Waals surface area contributed by atoms with Crippen LogP contribution >= 0.6 is 27.3 Å². The van der Waals surface area contributed by atoms with Gasteiger partial charge in [-0.3, -0.25) is 14.5 Å². The van der Waals surface area contributed by atoms with E-state index in [1.165, 1.54) is 16.2 Å². The number of carbonyl (C=O) groups excluding carboxylic acids is 2. The van der Waals surface area contributed by atoms with Gasteiger partial charge in [-0.2, -0.15) is 0 Å². The number of imide groups is 1. The van der Waals surface area contributed by atoms with Crippen molar-refractivity contribution in [1.29, 1.82) is 0 Å². The minimum Gasteiger partial charge on any atom is -0.277 e. The Balaban J connectivity index is 2.13. The molecule has 2 heterocycles. The molecule has 0 N–H and O–H groups in total. The summed E-state index contributed by atoms with van der Waals surface area (Å²) >= 11 is 4.69. The van der Waals surface area contributed by atoms with Gasteiger partial charge in [-0.05, 0) is 39.9 Å². The normalized spacial score (nSPS) is 20.4. The lowest BCUT2D eigenvalue weighted by atomic mass is 9.95. The Bertz CT molecular complexity index is 455. The van der Waals surface area contributed by atoms with Gasteiger partial charge in [0, 0.05) is 13.0 Å². The average Bonchev–Trinajstić information content (AvgIpc) is 2.84. The number of halogens is 1. The second kappa shape index (κ2) is 4.90. The zero-order valence-corrected chi connectivity index (χ0v) is 12.2. The largest absolute Gasteiger partial charge is 0.277 e. The Morgan fingerprint density at radius 1 is 1.53 bits per heavy atom. The lowest BCUT2D eigenvalue weighted by Crippen LogP contribution is -2.32. The molecule has 0 saturated carbocycles. The molecule has 92 valence electrons. The Hall–Kier alpha value is -0.680. The molecule has 1 aromatic rings. The quantitative estimate of drug-likeness (QED) is 0.786. The fourth-order valence-electron chi connectivity index (χ4n) is 1.94. The summed E-state index contributed by atoms with van der Waals surface area (Å²) in [5.74, 6) is 0.536. The highest BCUT2D eigenvalue weighted by Gasteiger charge is 2.35. The van der Waals surface area contributed by atoms with Gasteiger partial charge in [-0.15, -0.1) is 11.3 Å². The summed E-state index contributed by atoms with van der Waals surface area (Å²) in [5, 5.41) is 0. The molecule has 1 fully saturated rings. The first-order chi connectivity index (χ1) is 7.99. The van der Waals surface area contributed by atoms with Crippen molar-refractivity contribution in [2.24, 2.45) is 11.8 Å². The monoisotopic (exact) mass is 315 g/mol. The van der Waals surface area contributed by atoms with E-state index in [1.54, 1.807) is 6.07 Å². The molecule has 1 aliphatic rings. The van der Waals surface area contributed by atoms with Gasteiger partial charge in [0.05, 0.1) is 8.66 Å². The third-order valence-corrected chi connectivity index (χ3v) is 4.74. The molecule has 3 nitrogen and oxygen atoms in total. The summed E-state index contributed by atoms with van der Waals surface area (Å²) < 4.78 is 0.910. The first-order valence-electron chi connectivity index (χ1n) is 5.59. The molecule has 1 aromatic heterocycles. The van der Waals surface area contributed by atoms with Crippen molar-refractivity contribution >= 4 is 39.1 Å². The molecule has 5 heteroatoms. The summed E-state index contributed by atoms with van der Waals surface area (Å²) in [6.07, 6.45) is 0.496. The maximum absolute atomic E-state index is 12.1. The van der Waals surface area contributed by atoms with Crippen LogP contribution < -0.4 is 0 Å². The summed E-state index contributed by atoms with van der Waals surface area (Å²) in [4.78, 5) is 26.0. The Labute approximate surface area is 113 Å². The summed E-state index contributed by atoms with van der Waals surface area (Å²) in [7, 11) is 0. The molecular weight excluding hydrogens is 302 g/mol. The zero-order chi connectivity index (χ0) is 12.6. The standard InChI is InChI=1S/C12H14BrNO2S/c1-7(2)8-5-11(15)14(6-8)12(16)9-3-4-10(13)17-9/h3-4,7-8H,5-6H2,1-2H3.